The highest BCUT2D eigenvalue weighted by Gasteiger charge is 2.71. The van der Waals surface area contributed by atoms with Crippen LogP contribution in [-0.2, 0) is 9.63 Å². The minimum Gasteiger partial charge on any atom is -0.324 e. The van der Waals surface area contributed by atoms with Crippen LogP contribution in [0.15, 0.2) is 53.7 Å². The van der Waals surface area contributed by atoms with Gasteiger partial charge < -0.3 is 10.2 Å². The van der Waals surface area contributed by atoms with E-state index in [0.29, 0.717) is 29.3 Å². The van der Waals surface area contributed by atoms with Crippen LogP contribution in [0, 0.1) is 26.4 Å². The maximum absolute atomic E-state index is 13.5. The summed E-state index contributed by atoms with van der Waals surface area (Å²) in [4.78, 5) is 41.4. The molecule has 2 unspecified atom stereocenters. The first kappa shape index (κ1) is 22.9. The Balaban J connectivity index is 1.57. The van der Waals surface area contributed by atoms with Gasteiger partial charge in [0.2, 0.25) is 5.91 Å². The summed E-state index contributed by atoms with van der Waals surface area (Å²) in [5, 5.41) is 18.4. The third-order valence-electron chi connectivity index (χ3n) is 7.84. The maximum Gasteiger partial charge on any atom is 0.365 e. The average Bonchev–Trinajstić information content (AvgIpc) is 3.09. The number of nitro groups is 1. The molecule has 1 N–H and O–H groups in total. The van der Waals surface area contributed by atoms with Crippen molar-refractivity contribution >= 4 is 40.6 Å². The van der Waals surface area contributed by atoms with Crippen molar-refractivity contribution < 1.29 is 19.3 Å². The molecular formula is C24H24ClN3O5. The standard InChI is InChI=1S/C24H24ClN3O5/c1-22(2)23(3)12-13-24(22,21(30)26-18-7-5-4-6-17(18)25)14-19(23)27-33-20(29)15-8-10-16(11-9-15)28(31)32/h4-11H,12-14H2,1-3H3,(H,26,30)/b27-19+. The van der Waals surface area contributed by atoms with Crippen LogP contribution in [0.25, 0.3) is 0 Å². The Hall–Kier alpha value is -3.26. The van der Waals surface area contributed by atoms with Crippen molar-refractivity contribution in [3.05, 3.63) is 69.2 Å². The highest BCUT2D eigenvalue weighted by molar-refractivity contribution is 6.33. The topological polar surface area (TPSA) is 111 Å². The molecule has 8 nitrogen and oxygen atoms in total. The van der Waals surface area contributed by atoms with E-state index in [-0.39, 0.29) is 17.2 Å². The number of carbonyl (C=O) groups excluding carboxylic acids is 2. The predicted octanol–water partition coefficient (Wildman–Crippen LogP) is 5.62. The van der Waals surface area contributed by atoms with Crippen molar-refractivity contribution in [2.45, 2.75) is 40.0 Å². The van der Waals surface area contributed by atoms with Crippen molar-refractivity contribution in [3.63, 3.8) is 0 Å². The molecule has 33 heavy (non-hydrogen) atoms. The van der Waals surface area contributed by atoms with Crippen LogP contribution in [0.2, 0.25) is 5.02 Å². The smallest absolute Gasteiger partial charge is 0.324 e. The number of hydrogen-bond acceptors (Lipinski definition) is 6. The predicted molar refractivity (Wildman–Crippen MR) is 124 cm³/mol. The number of nitrogens with zero attached hydrogens (tertiary/aromatic N) is 2. The van der Waals surface area contributed by atoms with Gasteiger partial charge in [-0.05, 0) is 42.5 Å². The molecule has 1 amide bonds. The zero-order valence-corrected chi connectivity index (χ0v) is 19.3. The summed E-state index contributed by atoms with van der Waals surface area (Å²) in [6, 6.07) is 12.2. The van der Waals surface area contributed by atoms with E-state index < -0.39 is 27.1 Å². The Morgan fingerprint density at radius 1 is 1.09 bits per heavy atom. The Kier molecular flexibility index (Phi) is 5.52. The molecule has 4 rings (SSSR count). The number of nitrogens with one attached hydrogen (secondary N) is 1. The number of hydrogen-bond donors (Lipinski definition) is 1. The number of fused-ring (bicyclic) bond motifs is 2. The van der Waals surface area contributed by atoms with Gasteiger partial charge in [0.05, 0.1) is 32.3 Å². The fourth-order valence-corrected chi connectivity index (χ4v) is 5.38. The lowest BCUT2D eigenvalue weighted by Crippen LogP contribution is -2.43. The molecule has 0 heterocycles. The first-order valence-electron chi connectivity index (χ1n) is 10.6. The maximum atomic E-state index is 13.5. The van der Waals surface area contributed by atoms with Gasteiger partial charge in [-0.1, -0.05) is 49.7 Å². The van der Waals surface area contributed by atoms with Crippen LogP contribution in [0.4, 0.5) is 11.4 Å². The van der Waals surface area contributed by atoms with E-state index in [0.717, 1.165) is 6.42 Å². The number of anilines is 1. The largest absolute Gasteiger partial charge is 0.365 e. The highest BCUT2D eigenvalue weighted by Crippen LogP contribution is 2.71. The molecule has 2 fully saturated rings. The molecule has 2 aromatic carbocycles. The molecular weight excluding hydrogens is 446 g/mol. The lowest BCUT2D eigenvalue weighted by Gasteiger charge is -2.39. The summed E-state index contributed by atoms with van der Waals surface area (Å²) < 4.78 is 0. The number of benzene rings is 2. The molecule has 0 radical (unpaired) electrons. The van der Waals surface area contributed by atoms with Gasteiger partial charge in [-0.15, -0.1) is 0 Å². The Morgan fingerprint density at radius 2 is 1.76 bits per heavy atom. The van der Waals surface area contributed by atoms with E-state index in [1.165, 1.54) is 24.3 Å². The van der Waals surface area contributed by atoms with Crippen molar-refractivity contribution in [3.8, 4) is 0 Å². The van der Waals surface area contributed by atoms with Crippen molar-refractivity contribution in [2.24, 2.45) is 21.4 Å². The fourth-order valence-electron chi connectivity index (χ4n) is 5.20. The highest BCUT2D eigenvalue weighted by atomic mass is 35.5. The van der Waals surface area contributed by atoms with E-state index in [1.54, 1.807) is 18.2 Å². The van der Waals surface area contributed by atoms with E-state index in [2.05, 4.69) is 10.5 Å². The third kappa shape index (κ3) is 3.49. The minimum absolute atomic E-state index is 0.119. The van der Waals surface area contributed by atoms with Crippen LogP contribution < -0.4 is 5.32 Å². The number of nitro benzene ring substituents is 1. The van der Waals surface area contributed by atoms with Gasteiger partial charge in [-0.25, -0.2) is 4.79 Å². The van der Waals surface area contributed by atoms with Gasteiger partial charge in [-0.3, -0.25) is 14.9 Å². The second kappa shape index (κ2) is 7.95. The molecule has 172 valence electrons. The third-order valence-corrected chi connectivity index (χ3v) is 8.17. The van der Waals surface area contributed by atoms with E-state index in [4.69, 9.17) is 16.4 Å². The number of oxime groups is 1. The number of carbonyl (C=O) groups is 2. The number of amides is 1. The van der Waals surface area contributed by atoms with Gasteiger partial charge in [0.15, 0.2) is 0 Å². The van der Waals surface area contributed by atoms with Gasteiger partial charge in [0.1, 0.15) is 0 Å². The van der Waals surface area contributed by atoms with Gasteiger partial charge in [-0.2, -0.15) is 0 Å². The molecule has 0 saturated heterocycles. The van der Waals surface area contributed by atoms with Gasteiger partial charge >= 0.3 is 5.97 Å². The lowest BCUT2D eigenvalue weighted by atomic mass is 9.64. The SMILES string of the molecule is CC12CCC(C(=O)Nc3ccccc3Cl)(C/C1=N\OC(=O)c1ccc([N+](=O)[O-])cc1)C2(C)C. The van der Waals surface area contributed by atoms with Crippen molar-refractivity contribution in [1.29, 1.82) is 0 Å². The Bertz CT molecular complexity index is 1180. The van der Waals surface area contributed by atoms with Gasteiger partial charge in [0.25, 0.3) is 5.69 Å². The summed E-state index contributed by atoms with van der Waals surface area (Å²) >= 11 is 6.24. The van der Waals surface area contributed by atoms with Crippen LogP contribution >= 0.6 is 11.6 Å². The Morgan fingerprint density at radius 3 is 2.39 bits per heavy atom. The molecule has 2 saturated carbocycles. The zero-order chi connectivity index (χ0) is 24.0. The molecule has 0 spiro atoms. The molecule has 0 aliphatic heterocycles. The normalized spacial score (nSPS) is 26.2. The lowest BCUT2D eigenvalue weighted by molar-refractivity contribution is -0.384. The summed E-state index contributed by atoms with van der Waals surface area (Å²) in [7, 11) is 0. The summed E-state index contributed by atoms with van der Waals surface area (Å²) in [6.45, 7) is 6.14. The molecule has 2 bridgehead atoms. The first-order chi connectivity index (χ1) is 15.5. The summed E-state index contributed by atoms with van der Waals surface area (Å²) in [5.74, 6) is -0.840. The van der Waals surface area contributed by atoms with Crippen LogP contribution in [0.5, 0.6) is 0 Å². The van der Waals surface area contributed by atoms with Gasteiger partial charge in [0, 0.05) is 24.0 Å². The molecule has 2 aliphatic carbocycles. The Labute approximate surface area is 196 Å². The van der Waals surface area contributed by atoms with Crippen LogP contribution in [0.1, 0.15) is 50.4 Å². The second-order valence-electron chi connectivity index (χ2n) is 9.37. The van der Waals surface area contributed by atoms with E-state index in [1.807, 2.05) is 26.8 Å². The molecule has 2 aliphatic rings. The number of para-hydroxylation sites is 1. The van der Waals surface area contributed by atoms with Crippen molar-refractivity contribution in [1.82, 2.24) is 0 Å². The molecule has 9 heteroatoms. The first-order valence-corrected chi connectivity index (χ1v) is 11.0. The number of rotatable bonds is 5. The monoisotopic (exact) mass is 469 g/mol. The summed E-state index contributed by atoms with van der Waals surface area (Å²) in [6.07, 6.45) is 1.77. The number of halogens is 1. The van der Waals surface area contributed by atoms with Crippen molar-refractivity contribution in [2.75, 3.05) is 5.32 Å². The zero-order valence-electron chi connectivity index (χ0n) is 18.6. The van der Waals surface area contributed by atoms with E-state index >= 15 is 0 Å². The molecule has 2 aromatic rings. The van der Waals surface area contributed by atoms with Crippen LogP contribution in [0.3, 0.4) is 0 Å². The van der Waals surface area contributed by atoms with E-state index in [9.17, 15) is 19.7 Å². The molecule has 0 aromatic heterocycles. The average molecular weight is 470 g/mol. The fraction of sp³-hybridized carbons (Fsp3) is 0.375. The number of non-ortho nitro benzene ring substituents is 1. The van der Waals surface area contributed by atoms with Crippen LogP contribution in [-0.4, -0.2) is 22.5 Å². The second-order valence-corrected chi connectivity index (χ2v) is 9.78. The summed E-state index contributed by atoms with van der Waals surface area (Å²) in [5.41, 5.74) is -0.346. The molecule has 2 atom stereocenters. The minimum atomic E-state index is -0.723. The quantitative estimate of drug-likeness (QED) is 0.347.